The third-order valence-electron chi connectivity index (χ3n) is 2.88. The molecule has 2 aromatic heterocycles. The van der Waals surface area contributed by atoms with Crippen LogP contribution < -0.4 is 5.32 Å². The Labute approximate surface area is 111 Å². The van der Waals surface area contributed by atoms with Gasteiger partial charge >= 0.3 is 0 Å². The van der Waals surface area contributed by atoms with Crippen LogP contribution >= 0.6 is 11.6 Å². The van der Waals surface area contributed by atoms with E-state index in [-0.39, 0.29) is 0 Å². The summed E-state index contributed by atoms with van der Waals surface area (Å²) in [7, 11) is 0. The van der Waals surface area contributed by atoms with Crippen LogP contribution in [-0.2, 0) is 6.54 Å². The minimum absolute atomic E-state index is 0.467. The first-order chi connectivity index (χ1) is 8.68. The summed E-state index contributed by atoms with van der Waals surface area (Å²) in [6.45, 7) is 5.66. The predicted octanol–water partition coefficient (Wildman–Crippen LogP) is 2.45. The number of nitrogens with zero attached hydrogens (tertiary/aromatic N) is 4. The first-order valence-corrected chi connectivity index (χ1v) is 6.27. The van der Waals surface area contributed by atoms with Crippen LogP contribution in [0.4, 0.5) is 5.82 Å². The van der Waals surface area contributed by atoms with Crippen LogP contribution in [0, 0.1) is 13.8 Å². The van der Waals surface area contributed by atoms with E-state index < -0.39 is 0 Å². The second-order valence-corrected chi connectivity index (χ2v) is 4.50. The van der Waals surface area contributed by atoms with E-state index >= 15 is 0 Å². The van der Waals surface area contributed by atoms with Crippen LogP contribution in [0.5, 0.6) is 0 Å². The van der Waals surface area contributed by atoms with Crippen molar-refractivity contribution >= 4 is 17.4 Å². The third-order valence-corrected chi connectivity index (χ3v) is 3.24. The molecule has 0 fully saturated rings. The zero-order valence-electron chi connectivity index (χ0n) is 10.5. The number of hydrogen-bond acceptors (Lipinski definition) is 4. The van der Waals surface area contributed by atoms with Crippen molar-refractivity contribution in [1.29, 1.82) is 0 Å². The second kappa shape index (κ2) is 5.82. The van der Waals surface area contributed by atoms with E-state index in [1.165, 1.54) is 0 Å². The molecular weight excluding hydrogens is 250 g/mol. The maximum atomic E-state index is 5.90. The fraction of sp³-hybridized carbons (Fsp3) is 0.417. The molecule has 2 aromatic rings. The monoisotopic (exact) mass is 265 g/mol. The molecule has 0 aliphatic heterocycles. The molecular formula is C12H16ClN5. The molecule has 0 saturated heterocycles. The van der Waals surface area contributed by atoms with Gasteiger partial charge in [0.15, 0.2) is 11.0 Å². The van der Waals surface area contributed by atoms with Gasteiger partial charge in [0.1, 0.15) is 0 Å². The van der Waals surface area contributed by atoms with Crippen LogP contribution in [0.15, 0.2) is 18.5 Å². The topological polar surface area (TPSA) is 55.6 Å². The number of aryl methyl sites for hydroxylation is 1. The van der Waals surface area contributed by atoms with Gasteiger partial charge in [0.2, 0.25) is 0 Å². The maximum Gasteiger partial charge on any atom is 0.155 e. The van der Waals surface area contributed by atoms with Gasteiger partial charge in [-0.25, -0.2) is 0 Å². The van der Waals surface area contributed by atoms with E-state index in [2.05, 4.69) is 20.6 Å². The van der Waals surface area contributed by atoms with E-state index in [0.717, 1.165) is 36.5 Å². The van der Waals surface area contributed by atoms with Gasteiger partial charge in [-0.2, -0.15) is 5.10 Å². The number of aromatic nitrogens is 4. The molecule has 18 heavy (non-hydrogen) atoms. The Balaban J connectivity index is 1.85. The molecule has 6 heteroatoms. The normalized spacial score (nSPS) is 10.6. The minimum atomic E-state index is 0.467. The summed E-state index contributed by atoms with van der Waals surface area (Å²) in [6, 6.07) is 1.92. The largest absolute Gasteiger partial charge is 0.368 e. The van der Waals surface area contributed by atoms with Gasteiger partial charge in [-0.3, -0.25) is 4.68 Å². The quantitative estimate of drug-likeness (QED) is 0.844. The SMILES string of the molecule is Cc1c(Cl)nnc(NCCCn2cccn2)c1C. The molecule has 0 amide bonds. The molecule has 0 radical (unpaired) electrons. The Morgan fingerprint density at radius 1 is 1.28 bits per heavy atom. The van der Waals surface area contributed by atoms with Crippen LogP contribution in [0.1, 0.15) is 17.5 Å². The molecule has 0 aliphatic rings. The highest BCUT2D eigenvalue weighted by Gasteiger charge is 2.07. The van der Waals surface area contributed by atoms with Crippen molar-refractivity contribution in [3.63, 3.8) is 0 Å². The summed E-state index contributed by atoms with van der Waals surface area (Å²) in [5, 5.41) is 15.8. The molecule has 0 bridgehead atoms. The molecule has 5 nitrogen and oxygen atoms in total. The highest BCUT2D eigenvalue weighted by Crippen LogP contribution is 2.20. The molecule has 1 N–H and O–H groups in total. The first-order valence-electron chi connectivity index (χ1n) is 5.89. The lowest BCUT2D eigenvalue weighted by molar-refractivity contribution is 0.591. The lowest BCUT2D eigenvalue weighted by atomic mass is 10.2. The molecule has 0 atom stereocenters. The molecule has 0 aromatic carbocycles. The Morgan fingerprint density at radius 2 is 2.11 bits per heavy atom. The average Bonchev–Trinajstić information content (AvgIpc) is 2.87. The standard InChI is InChI=1S/C12H16ClN5/c1-9-10(2)12(17-16-11(9)13)14-5-3-7-18-8-4-6-15-18/h4,6,8H,3,5,7H2,1-2H3,(H,14,17). The van der Waals surface area contributed by atoms with Gasteiger partial charge in [0, 0.05) is 25.5 Å². The zero-order valence-corrected chi connectivity index (χ0v) is 11.3. The zero-order chi connectivity index (χ0) is 13.0. The van der Waals surface area contributed by atoms with E-state index in [4.69, 9.17) is 11.6 Å². The van der Waals surface area contributed by atoms with Crippen LogP contribution in [0.3, 0.4) is 0 Å². The summed E-state index contributed by atoms with van der Waals surface area (Å²) in [4.78, 5) is 0. The van der Waals surface area contributed by atoms with Crippen LogP contribution in [-0.4, -0.2) is 26.5 Å². The predicted molar refractivity (Wildman–Crippen MR) is 71.8 cm³/mol. The van der Waals surface area contributed by atoms with Gasteiger partial charge in [-0.1, -0.05) is 11.6 Å². The number of rotatable bonds is 5. The maximum absolute atomic E-state index is 5.90. The molecule has 2 rings (SSSR count). The van der Waals surface area contributed by atoms with E-state index in [1.807, 2.05) is 30.8 Å². The average molecular weight is 266 g/mol. The van der Waals surface area contributed by atoms with Gasteiger partial charge in [-0.05, 0) is 37.5 Å². The van der Waals surface area contributed by atoms with E-state index in [1.54, 1.807) is 6.20 Å². The molecule has 96 valence electrons. The van der Waals surface area contributed by atoms with Gasteiger partial charge in [0.25, 0.3) is 0 Å². The number of hydrogen-bond donors (Lipinski definition) is 1. The van der Waals surface area contributed by atoms with Crippen molar-refractivity contribution in [3.8, 4) is 0 Å². The van der Waals surface area contributed by atoms with E-state index in [0.29, 0.717) is 5.15 Å². The van der Waals surface area contributed by atoms with Crippen molar-refractivity contribution in [3.05, 3.63) is 34.7 Å². The van der Waals surface area contributed by atoms with Crippen molar-refractivity contribution < 1.29 is 0 Å². The molecule has 2 heterocycles. The smallest absolute Gasteiger partial charge is 0.155 e. The summed E-state index contributed by atoms with van der Waals surface area (Å²) in [5.74, 6) is 0.803. The fourth-order valence-electron chi connectivity index (χ4n) is 1.62. The lowest BCUT2D eigenvalue weighted by Gasteiger charge is -2.10. The van der Waals surface area contributed by atoms with Crippen molar-refractivity contribution in [1.82, 2.24) is 20.0 Å². The van der Waals surface area contributed by atoms with E-state index in [9.17, 15) is 0 Å². The molecule has 0 spiro atoms. The number of anilines is 1. The summed E-state index contributed by atoms with van der Waals surface area (Å²) in [6.07, 6.45) is 4.72. The summed E-state index contributed by atoms with van der Waals surface area (Å²) in [5.41, 5.74) is 2.02. The number of nitrogens with one attached hydrogen (secondary N) is 1. The van der Waals surface area contributed by atoms with Crippen LogP contribution in [0.25, 0.3) is 0 Å². The first kappa shape index (κ1) is 12.8. The van der Waals surface area contributed by atoms with Gasteiger partial charge in [-0.15, -0.1) is 10.2 Å². The Bertz CT molecular complexity index is 509. The highest BCUT2D eigenvalue weighted by atomic mass is 35.5. The summed E-state index contributed by atoms with van der Waals surface area (Å²) < 4.78 is 1.91. The van der Waals surface area contributed by atoms with Gasteiger partial charge in [0.05, 0.1) is 0 Å². The Hall–Kier alpha value is -1.62. The Kier molecular flexibility index (Phi) is 4.15. The molecule has 0 unspecified atom stereocenters. The molecule has 0 aliphatic carbocycles. The second-order valence-electron chi connectivity index (χ2n) is 4.14. The molecule has 0 saturated carbocycles. The lowest BCUT2D eigenvalue weighted by Crippen LogP contribution is -2.10. The third kappa shape index (κ3) is 2.98. The van der Waals surface area contributed by atoms with Crippen molar-refractivity contribution in [2.75, 3.05) is 11.9 Å². The van der Waals surface area contributed by atoms with Crippen molar-refractivity contribution in [2.24, 2.45) is 0 Å². The summed E-state index contributed by atoms with van der Waals surface area (Å²) >= 11 is 5.90. The van der Waals surface area contributed by atoms with Gasteiger partial charge < -0.3 is 5.32 Å². The van der Waals surface area contributed by atoms with Crippen molar-refractivity contribution in [2.45, 2.75) is 26.8 Å². The highest BCUT2D eigenvalue weighted by molar-refractivity contribution is 6.30. The fourth-order valence-corrected chi connectivity index (χ4v) is 1.80. The number of halogens is 1. The Morgan fingerprint density at radius 3 is 2.83 bits per heavy atom. The minimum Gasteiger partial charge on any atom is -0.368 e. The van der Waals surface area contributed by atoms with Crippen LogP contribution in [0.2, 0.25) is 5.15 Å².